The highest BCUT2D eigenvalue weighted by atomic mass is 79.9. The summed E-state index contributed by atoms with van der Waals surface area (Å²) in [4.78, 5) is 54.9. The van der Waals surface area contributed by atoms with E-state index in [1.165, 1.54) is 55.7 Å². The van der Waals surface area contributed by atoms with Crippen LogP contribution in [0.3, 0.4) is 0 Å². The van der Waals surface area contributed by atoms with Crippen LogP contribution in [0, 0.1) is 11.8 Å². The lowest BCUT2D eigenvalue weighted by Gasteiger charge is -2.15. The van der Waals surface area contributed by atoms with Crippen LogP contribution < -0.4 is 33.1 Å². The highest BCUT2D eigenvalue weighted by Crippen LogP contribution is 2.27. The van der Waals surface area contributed by atoms with Crippen molar-refractivity contribution in [3.8, 4) is 0 Å². The van der Waals surface area contributed by atoms with Gasteiger partial charge >= 0.3 is 11.4 Å². The Hall–Kier alpha value is -6.78. The minimum absolute atomic E-state index is 0.223. The van der Waals surface area contributed by atoms with Crippen molar-refractivity contribution in [1.29, 1.82) is 0 Å². The van der Waals surface area contributed by atoms with E-state index in [2.05, 4.69) is 80.0 Å². The maximum absolute atomic E-state index is 13.3. The minimum atomic E-state index is -0.357. The van der Waals surface area contributed by atoms with Crippen molar-refractivity contribution in [2.45, 2.75) is 78.6 Å². The summed E-state index contributed by atoms with van der Waals surface area (Å²) in [5.41, 5.74) is 5.73. The van der Waals surface area contributed by atoms with Crippen molar-refractivity contribution in [1.82, 2.24) is 42.7 Å². The van der Waals surface area contributed by atoms with Crippen molar-refractivity contribution in [2.24, 2.45) is 25.9 Å². The largest absolute Gasteiger partial charge is 0.340 e. The van der Waals surface area contributed by atoms with E-state index in [9.17, 15) is 19.2 Å². The van der Waals surface area contributed by atoms with Crippen LogP contribution in [-0.4, -0.2) is 55.8 Å². The first-order valence-corrected chi connectivity index (χ1v) is 24.4. The van der Waals surface area contributed by atoms with Crippen molar-refractivity contribution < 1.29 is 0 Å². The van der Waals surface area contributed by atoms with Gasteiger partial charge in [-0.05, 0) is 84.3 Å². The molecule has 0 spiro atoms. The van der Waals surface area contributed by atoms with Crippen LogP contribution in [0.15, 0.2) is 128 Å². The summed E-state index contributed by atoms with van der Waals surface area (Å²) in [5.74, 6) is 1.62. The van der Waals surface area contributed by atoms with Gasteiger partial charge < -0.3 is 10.6 Å². The zero-order valence-corrected chi connectivity index (χ0v) is 41.2. The quantitative estimate of drug-likeness (QED) is 0.0970. The number of nitrogens with zero attached hydrogens (tertiary/aromatic N) is 9. The number of halogens is 1. The molecule has 1 aliphatic heterocycles. The summed E-state index contributed by atoms with van der Waals surface area (Å²) in [6.07, 6.45) is 2.56. The molecule has 1 saturated heterocycles. The molecule has 0 bridgehead atoms. The third-order valence-corrected chi connectivity index (χ3v) is 12.7. The number of fused-ring (bicyclic) bond motifs is 2. The van der Waals surface area contributed by atoms with Crippen LogP contribution in [0.2, 0.25) is 0 Å². The summed E-state index contributed by atoms with van der Waals surface area (Å²) < 4.78 is 9.15. The van der Waals surface area contributed by atoms with E-state index >= 15 is 0 Å². The molecule has 5 heterocycles. The first-order chi connectivity index (χ1) is 32.8. The highest BCUT2D eigenvalue weighted by molar-refractivity contribution is 9.08. The van der Waals surface area contributed by atoms with Crippen molar-refractivity contribution >= 4 is 61.0 Å². The van der Waals surface area contributed by atoms with Gasteiger partial charge in [-0.2, -0.15) is 10.2 Å². The van der Waals surface area contributed by atoms with Crippen LogP contribution in [0.4, 0.5) is 23.0 Å². The van der Waals surface area contributed by atoms with E-state index in [0.29, 0.717) is 59.9 Å². The molecule has 4 aromatic carbocycles. The molecular formula is C52H60BrN11O4. The molecule has 68 heavy (non-hydrogen) atoms. The lowest BCUT2D eigenvalue weighted by atomic mass is 10.1. The van der Waals surface area contributed by atoms with Gasteiger partial charge in [0.15, 0.2) is 11.3 Å². The zero-order valence-electron chi connectivity index (χ0n) is 39.7. The molecule has 0 saturated carbocycles. The highest BCUT2D eigenvalue weighted by Gasteiger charge is 2.24. The topological polar surface area (TPSA) is 151 Å². The van der Waals surface area contributed by atoms with Gasteiger partial charge in [0.1, 0.15) is 22.4 Å². The fraction of sp³-hybridized carbons (Fsp3) is 0.346. The fourth-order valence-corrected chi connectivity index (χ4v) is 8.98. The number of benzene rings is 4. The summed E-state index contributed by atoms with van der Waals surface area (Å²) >= 11 is 3.47. The summed E-state index contributed by atoms with van der Waals surface area (Å²) in [6, 6.07) is 36.2. The second kappa shape index (κ2) is 21.0. The average molecular weight is 983 g/mol. The maximum Gasteiger partial charge on any atom is 0.332 e. The first-order valence-electron chi connectivity index (χ1n) is 23.3. The van der Waals surface area contributed by atoms with E-state index in [0.717, 1.165) is 38.9 Å². The summed E-state index contributed by atoms with van der Waals surface area (Å²) in [5, 5.41) is 18.0. The Bertz CT molecular complexity index is 3250. The summed E-state index contributed by atoms with van der Waals surface area (Å²) in [7, 11) is 3.05. The van der Waals surface area contributed by atoms with E-state index in [1.54, 1.807) is 13.8 Å². The molecule has 9 rings (SSSR count). The fourth-order valence-electron chi connectivity index (χ4n) is 8.61. The third kappa shape index (κ3) is 10.5. The molecule has 8 aromatic rings. The normalized spacial score (nSPS) is 12.9. The molecule has 0 aliphatic carbocycles. The van der Waals surface area contributed by atoms with Crippen LogP contribution in [0.5, 0.6) is 0 Å². The Balaban J connectivity index is 0.000000185. The molecule has 354 valence electrons. The van der Waals surface area contributed by atoms with Gasteiger partial charge in [0.25, 0.3) is 11.1 Å². The molecule has 2 N–H and O–H groups in total. The third-order valence-electron chi connectivity index (χ3n) is 12.1. The van der Waals surface area contributed by atoms with Gasteiger partial charge in [-0.25, -0.2) is 19.0 Å². The van der Waals surface area contributed by atoms with E-state index in [4.69, 9.17) is 10.2 Å². The Labute approximate surface area is 403 Å². The minimum Gasteiger partial charge on any atom is -0.340 e. The predicted octanol–water partition coefficient (Wildman–Crippen LogP) is 8.18. The van der Waals surface area contributed by atoms with Gasteiger partial charge in [-0.3, -0.25) is 32.8 Å². The second-order valence-corrected chi connectivity index (χ2v) is 19.0. The van der Waals surface area contributed by atoms with Crippen LogP contribution >= 0.6 is 15.9 Å². The van der Waals surface area contributed by atoms with E-state index in [1.807, 2.05) is 93.0 Å². The van der Waals surface area contributed by atoms with Crippen LogP contribution in [-0.2, 0) is 52.1 Å². The van der Waals surface area contributed by atoms with Crippen LogP contribution in [0.1, 0.15) is 62.8 Å². The molecule has 0 atom stereocenters. The predicted molar refractivity (Wildman–Crippen MR) is 276 cm³/mol. The number of rotatable bonds is 15. The molecule has 1 fully saturated rings. The van der Waals surface area contributed by atoms with Crippen molar-refractivity contribution in [3.63, 3.8) is 0 Å². The number of nitrogens with one attached hydrogen (secondary N) is 2. The number of alkyl halides is 1. The molecule has 0 amide bonds. The van der Waals surface area contributed by atoms with Crippen molar-refractivity contribution in [2.75, 3.05) is 23.7 Å². The van der Waals surface area contributed by atoms with Crippen molar-refractivity contribution in [3.05, 3.63) is 173 Å². The first kappa shape index (κ1) is 47.7. The second-order valence-electron chi connectivity index (χ2n) is 18.4. The van der Waals surface area contributed by atoms with Gasteiger partial charge in [0, 0.05) is 50.4 Å². The zero-order chi connectivity index (χ0) is 48.1. The smallest absolute Gasteiger partial charge is 0.332 e. The number of aromatic nitrogens is 8. The number of likely N-dealkylation sites (tertiary alicyclic amines) is 1. The molecule has 16 heteroatoms. The molecule has 4 aromatic heterocycles. The van der Waals surface area contributed by atoms with Gasteiger partial charge in [0.2, 0.25) is 0 Å². The average Bonchev–Trinajstić information content (AvgIpc) is 4.07. The summed E-state index contributed by atoms with van der Waals surface area (Å²) in [6.45, 7) is 13.4. The number of hydrogen-bond donors (Lipinski definition) is 2. The molecule has 15 nitrogen and oxygen atoms in total. The lowest BCUT2D eigenvalue weighted by molar-refractivity contribution is 0.331. The van der Waals surface area contributed by atoms with Crippen LogP contribution in [0.25, 0.3) is 22.1 Å². The van der Waals surface area contributed by atoms with Gasteiger partial charge in [0.05, 0.1) is 13.1 Å². The molecule has 0 radical (unpaired) electrons. The Morgan fingerprint density at radius 1 is 0.529 bits per heavy atom. The Morgan fingerprint density at radius 2 is 0.897 bits per heavy atom. The van der Waals surface area contributed by atoms with E-state index in [-0.39, 0.29) is 34.3 Å². The van der Waals surface area contributed by atoms with E-state index < -0.39 is 0 Å². The lowest BCUT2D eigenvalue weighted by Crippen LogP contribution is -2.38. The molecule has 0 unspecified atom stereocenters. The SMILES string of the molecule is CC(C)Cn1c(=O)n(C)c(=O)c2c(Nc3ccccc3)n(Cc3ccc(CBr)cc3)nc21.CC(C)Cn1c(=O)n(C)c(=O)c2c(Nc3ccccc3)n(Cc3ccc(CN4CCCC4)cc3)nc21. The van der Waals surface area contributed by atoms with Gasteiger partial charge in [-0.1, -0.05) is 129 Å². The maximum atomic E-state index is 13.3. The number of para-hydroxylation sites is 2. The Kier molecular flexibility index (Phi) is 14.8. The number of anilines is 4. The van der Waals surface area contributed by atoms with Gasteiger partial charge in [-0.15, -0.1) is 0 Å². The molecule has 1 aliphatic rings. The monoisotopic (exact) mass is 981 g/mol. The molecular weight excluding hydrogens is 923 g/mol. The Morgan fingerprint density at radius 3 is 1.26 bits per heavy atom. The standard InChI is InChI=1S/C28H34N6O2.C24H26BrN5O2/c1-20(2)17-33-26-24(27(35)31(3)28(33)36)25(29-23-9-5-4-6-10-23)34(30-26)19-22-13-11-21(12-14-22)18-32-15-7-8-16-32;1-16(2)14-29-22-20(23(31)28(3)24(29)32)21(26-19-7-5-4-6-8-19)30(27-22)15-18-11-9-17(13-25)10-12-18/h4-6,9-14,20,29H,7-8,15-19H2,1-3H3;4-12,16,26H,13-15H2,1-3H3. The number of hydrogen-bond acceptors (Lipinski definition) is 9.